The van der Waals surface area contributed by atoms with Crippen LogP contribution in [0, 0.1) is 0 Å². The highest BCUT2D eigenvalue weighted by atomic mass is 32.2. The van der Waals surface area contributed by atoms with E-state index in [0.717, 1.165) is 4.90 Å². The van der Waals surface area contributed by atoms with Crippen molar-refractivity contribution in [3.63, 3.8) is 0 Å². The van der Waals surface area contributed by atoms with Crippen molar-refractivity contribution in [2.75, 3.05) is 29.5 Å². The van der Waals surface area contributed by atoms with Crippen LogP contribution in [-0.2, 0) is 10.0 Å². The van der Waals surface area contributed by atoms with Crippen molar-refractivity contribution in [1.82, 2.24) is 0 Å². The van der Waals surface area contributed by atoms with Gasteiger partial charge >= 0.3 is 0 Å². The van der Waals surface area contributed by atoms with Gasteiger partial charge in [0.2, 0.25) is 0 Å². The van der Waals surface area contributed by atoms with Gasteiger partial charge in [-0.25, -0.2) is 8.42 Å². The van der Waals surface area contributed by atoms with E-state index >= 15 is 0 Å². The van der Waals surface area contributed by atoms with E-state index in [2.05, 4.69) is 11.9 Å². The highest BCUT2D eigenvalue weighted by molar-refractivity contribution is 7.98. The number of para-hydroxylation sites is 2. The predicted octanol–water partition coefficient (Wildman–Crippen LogP) is 5.05. The van der Waals surface area contributed by atoms with Crippen LogP contribution in [0.4, 0.5) is 11.4 Å². The fourth-order valence-electron chi connectivity index (χ4n) is 3.11. The number of carbonyl (C=O) groups excluding carboxylic acids is 1. The van der Waals surface area contributed by atoms with Crippen molar-refractivity contribution in [1.29, 1.82) is 0 Å². The highest BCUT2D eigenvalue weighted by Gasteiger charge is 2.27. The molecule has 1 amide bonds. The van der Waals surface area contributed by atoms with Gasteiger partial charge in [0.1, 0.15) is 5.75 Å². The van der Waals surface area contributed by atoms with Gasteiger partial charge in [-0.2, -0.15) is 0 Å². The molecule has 32 heavy (non-hydrogen) atoms. The Morgan fingerprint density at radius 2 is 1.84 bits per heavy atom. The third-order valence-corrected chi connectivity index (χ3v) is 7.16. The molecule has 0 bridgehead atoms. The van der Waals surface area contributed by atoms with Crippen molar-refractivity contribution in [2.45, 2.75) is 9.79 Å². The van der Waals surface area contributed by atoms with E-state index in [1.807, 2.05) is 24.5 Å². The van der Waals surface area contributed by atoms with Crippen LogP contribution in [0.25, 0.3) is 0 Å². The second kappa shape index (κ2) is 10.4. The van der Waals surface area contributed by atoms with E-state index in [0.29, 0.717) is 17.1 Å². The number of rotatable bonds is 9. The zero-order chi connectivity index (χ0) is 23.1. The number of thioether (sulfide) groups is 1. The Morgan fingerprint density at radius 1 is 1.09 bits per heavy atom. The van der Waals surface area contributed by atoms with E-state index in [9.17, 15) is 13.2 Å². The number of nitrogens with one attached hydrogen (secondary N) is 1. The Morgan fingerprint density at radius 3 is 2.56 bits per heavy atom. The molecule has 0 aliphatic heterocycles. The van der Waals surface area contributed by atoms with Gasteiger partial charge in [-0.05, 0) is 54.8 Å². The van der Waals surface area contributed by atoms with Crippen molar-refractivity contribution in [3.05, 3.63) is 91.0 Å². The fourth-order valence-corrected chi connectivity index (χ4v) is 5.06. The lowest BCUT2D eigenvalue weighted by molar-refractivity contribution is 0.102. The van der Waals surface area contributed by atoms with E-state index in [-0.39, 0.29) is 17.0 Å². The maximum absolute atomic E-state index is 13.5. The predicted molar refractivity (Wildman–Crippen MR) is 130 cm³/mol. The molecule has 0 aromatic heterocycles. The monoisotopic (exact) mass is 468 g/mol. The van der Waals surface area contributed by atoms with Crippen LogP contribution in [0.3, 0.4) is 0 Å². The zero-order valence-electron chi connectivity index (χ0n) is 17.8. The molecule has 0 atom stereocenters. The van der Waals surface area contributed by atoms with Crippen LogP contribution in [0.15, 0.2) is 95.2 Å². The van der Waals surface area contributed by atoms with Crippen molar-refractivity contribution >= 4 is 39.1 Å². The summed E-state index contributed by atoms with van der Waals surface area (Å²) in [6.07, 6.45) is 3.45. The zero-order valence-corrected chi connectivity index (χ0v) is 19.4. The molecular formula is C24H24N2O4S2. The first-order chi connectivity index (χ1) is 15.4. The van der Waals surface area contributed by atoms with Gasteiger partial charge in [0.05, 0.1) is 24.2 Å². The Labute approximate surface area is 193 Å². The molecule has 0 fully saturated rings. The van der Waals surface area contributed by atoms with Gasteiger partial charge in [0, 0.05) is 16.1 Å². The average molecular weight is 469 g/mol. The van der Waals surface area contributed by atoms with E-state index in [1.165, 1.54) is 29.6 Å². The molecule has 166 valence electrons. The molecule has 6 nitrogen and oxygen atoms in total. The summed E-state index contributed by atoms with van der Waals surface area (Å²) in [5.41, 5.74) is 1.26. The normalized spacial score (nSPS) is 10.9. The molecule has 0 saturated carbocycles. The van der Waals surface area contributed by atoms with Gasteiger partial charge in [-0.15, -0.1) is 18.3 Å². The number of sulfonamides is 1. The molecule has 0 saturated heterocycles. The van der Waals surface area contributed by atoms with Gasteiger partial charge in [0.25, 0.3) is 15.9 Å². The number of carbonyl (C=O) groups is 1. The standard InChI is InChI=1S/C24H24N2O4S2/c1-4-15-26(22-13-5-6-14-23(22)30-2)32(28,29)21-12-7-9-18(16-21)24(27)25-19-10-8-11-20(17-19)31-3/h4-14,16-17H,1,15H2,2-3H3,(H,25,27). The van der Waals surface area contributed by atoms with Crippen LogP contribution < -0.4 is 14.4 Å². The van der Waals surface area contributed by atoms with E-state index in [1.54, 1.807) is 54.2 Å². The second-order valence-electron chi connectivity index (χ2n) is 6.71. The summed E-state index contributed by atoms with van der Waals surface area (Å²) in [6, 6.07) is 20.2. The molecule has 3 aromatic rings. The van der Waals surface area contributed by atoms with E-state index in [4.69, 9.17) is 4.74 Å². The Balaban J connectivity index is 1.95. The third kappa shape index (κ3) is 5.15. The minimum absolute atomic E-state index is 0.00392. The summed E-state index contributed by atoms with van der Waals surface area (Å²) in [6.45, 7) is 3.72. The summed E-state index contributed by atoms with van der Waals surface area (Å²) in [5.74, 6) is 0.0216. The second-order valence-corrected chi connectivity index (χ2v) is 9.45. The highest BCUT2D eigenvalue weighted by Crippen LogP contribution is 2.32. The summed E-state index contributed by atoms with van der Waals surface area (Å²) >= 11 is 1.57. The lowest BCUT2D eigenvalue weighted by Gasteiger charge is -2.25. The molecule has 0 heterocycles. The molecule has 0 unspecified atom stereocenters. The summed E-state index contributed by atoms with van der Waals surface area (Å²) < 4.78 is 33.5. The molecule has 3 rings (SSSR count). The quantitative estimate of drug-likeness (QED) is 0.351. The fraction of sp³-hybridized carbons (Fsp3) is 0.125. The first-order valence-corrected chi connectivity index (χ1v) is 12.4. The molecule has 1 N–H and O–H groups in total. The Bertz CT molecular complexity index is 1230. The van der Waals surface area contributed by atoms with Gasteiger partial charge in [-0.1, -0.05) is 30.3 Å². The number of hydrogen-bond acceptors (Lipinski definition) is 5. The number of anilines is 2. The number of benzene rings is 3. The maximum atomic E-state index is 13.5. The lowest BCUT2D eigenvalue weighted by Crippen LogP contribution is -2.31. The van der Waals surface area contributed by atoms with Gasteiger partial charge in [-0.3, -0.25) is 9.10 Å². The lowest BCUT2D eigenvalue weighted by atomic mass is 10.2. The molecule has 0 aliphatic carbocycles. The molecule has 0 radical (unpaired) electrons. The number of nitrogens with zero attached hydrogens (tertiary/aromatic N) is 1. The van der Waals surface area contributed by atoms with Crippen molar-refractivity contribution < 1.29 is 17.9 Å². The first-order valence-electron chi connectivity index (χ1n) is 9.73. The van der Waals surface area contributed by atoms with Crippen LogP contribution in [-0.4, -0.2) is 34.2 Å². The number of amides is 1. The summed E-state index contributed by atoms with van der Waals surface area (Å²) in [4.78, 5) is 13.8. The molecule has 3 aromatic carbocycles. The van der Waals surface area contributed by atoms with Crippen LogP contribution >= 0.6 is 11.8 Å². The number of methoxy groups -OCH3 is 1. The van der Waals surface area contributed by atoms with Crippen molar-refractivity contribution in [3.8, 4) is 5.75 Å². The van der Waals surface area contributed by atoms with Crippen LogP contribution in [0.2, 0.25) is 0 Å². The minimum Gasteiger partial charge on any atom is -0.495 e. The summed E-state index contributed by atoms with van der Waals surface area (Å²) in [5, 5.41) is 2.82. The first kappa shape index (κ1) is 23.4. The number of ether oxygens (including phenoxy) is 1. The van der Waals surface area contributed by atoms with Crippen LogP contribution in [0.5, 0.6) is 5.75 Å². The molecule has 8 heteroatoms. The maximum Gasteiger partial charge on any atom is 0.264 e. The minimum atomic E-state index is -3.99. The van der Waals surface area contributed by atoms with E-state index < -0.39 is 15.9 Å². The Kier molecular flexibility index (Phi) is 7.61. The number of hydrogen-bond donors (Lipinski definition) is 1. The largest absolute Gasteiger partial charge is 0.495 e. The molecular weight excluding hydrogens is 444 g/mol. The Hall–Kier alpha value is -3.23. The van der Waals surface area contributed by atoms with Gasteiger partial charge < -0.3 is 10.1 Å². The van der Waals surface area contributed by atoms with Crippen molar-refractivity contribution in [2.24, 2.45) is 0 Å². The smallest absolute Gasteiger partial charge is 0.264 e. The third-order valence-electron chi connectivity index (χ3n) is 4.66. The SMILES string of the molecule is C=CCN(c1ccccc1OC)S(=O)(=O)c1cccc(C(=O)Nc2cccc(SC)c2)c1. The topological polar surface area (TPSA) is 75.7 Å². The van der Waals surface area contributed by atoms with Crippen LogP contribution in [0.1, 0.15) is 10.4 Å². The molecule has 0 spiro atoms. The van der Waals surface area contributed by atoms with Gasteiger partial charge in [0.15, 0.2) is 0 Å². The average Bonchev–Trinajstić information content (AvgIpc) is 2.82. The molecule has 0 aliphatic rings. The summed E-state index contributed by atoms with van der Waals surface area (Å²) in [7, 11) is -2.51.